The fraction of sp³-hybridized carbons (Fsp3) is 0.457. The maximum Gasteiger partial charge on any atom is 0.248 e. The van der Waals surface area contributed by atoms with Crippen molar-refractivity contribution < 1.29 is 4.39 Å². The van der Waals surface area contributed by atoms with Gasteiger partial charge in [-0.3, -0.25) is 0 Å². The Kier molecular flexibility index (Phi) is 7.21. The van der Waals surface area contributed by atoms with Gasteiger partial charge in [0.05, 0.1) is 5.69 Å². The van der Waals surface area contributed by atoms with Gasteiger partial charge in [0.1, 0.15) is 5.82 Å². The summed E-state index contributed by atoms with van der Waals surface area (Å²) in [5.41, 5.74) is 12.6. The average molecular weight is 593 g/mol. The Morgan fingerprint density at radius 2 is 1.61 bits per heavy atom. The summed E-state index contributed by atoms with van der Waals surface area (Å²) in [5, 5.41) is 7.88. The third-order valence-electron chi connectivity index (χ3n) is 10.5. The van der Waals surface area contributed by atoms with E-state index in [0.717, 1.165) is 38.3 Å². The molecule has 44 heavy (non-hydrogen) atoms. The second-order valence-electron chi connectivity index (χ2n) is 13.1. The van der Waals surface area contributed by atoms with Crippen molar-refractivity contribution in [3.63, 3.8) is 0 Å². The first kappa shape index (κ1) is 27.6. The highest BCUT2D eigenvalue weighted by Gasteiger charge is 2.33. The fourth-order valence-corrected chi connectivity index (χ4v) is 8.14. The predicted octanol–water partition coefficient (Wildman–Crippen LogP) is 6.69. The smallest absolute Gasteiger partial charge is 0.248 e. The zero-order chi connectivity index (χ0) is 29.6. The highest BCUT2D eigenvalue weighted by atomic mass is 19.1. The van der Waals surface area contributed by atoms with Crippen molar-refractivity contribution in [2.45, 2.75) is 69.7 Å². The molecule has 9 heteroatoms. The monoisotopic (exact) mass is 592 g/mol. The van der Waals surface area contributed by atoms with Gasteiger partial charge in [-0.1, -0.05) is 30.3 Å². The van der Waals surface area contributed by atoms with Crippen molar-refractivity contribution in [1.29, 1.82) is 0 Å². The topological polar surface area (TPSA) is 88.1 Å². The van der Waals surface area contributed by atoms with Gasteiger partial charge in [-0.25, -0.2) is 9.37 Å². The maximum absolute atomic E-state index is 15.4. The summed E-state index contributed by atoms with van der Waals surface area (Å²) in [6.07, 6.45) is 10.7. The summed E-state index contributed by atoms with van der Waals surface area (Å²) in [7, 11) is 0. The average Bonchev–Trinajstić information content (AvgIpc) is 3.64. The third kappa shape index (κ3) is 5.21. The van der Waals surface area contributed by atoms with Crippen LogP contribution in [0.15, 0.2) is 54.6 Å². The number of piperidine rings is 1. The number of fused-ring (bicyclic) bond motifs is 2. The minimum absolute atomic E-state index is 0.239. The number of hydrogen-bond acceptors (Lipinski definition) is 7. The van der Waals surface area contributed by atoms with Crippen molar-refractivity contribution in [1.82, 2.24) is 24.6 Å². The standard InChI is InChI=1S/C35H41FN8/c36-30-21-26(12-13-31(30)43-18-14-27(15-19-43)42-16-4-5-17-42)38-35-40-34(37)44(41-35)32-22-28(24-6-2-1-3-7-24)29-20-23-8-10-25(11-9-23)33(29)39-32/h1-3,6-7,12-13,21-23,25,27H,4-5,8-11,14-20H2,(H3,37,38,40,41). The predicted molar refractivity (Wildman–Crippen MR) is 173 cm³/mol. The fourth-order valence-electron chi connectivity index (χ4n) is 8.14. The van der Waals surface area contributed by atoms with Crippen molar-refractivity contribution in [2.24, 2.45) is 5.92 Å². The number of benzene rings is 2. The molecule has 4 aromatic rings. The van der Waals surface area contributed by atoms with Crippen molar-refractivity contribution in [3.05, 3.63) is 71.7 Å². The van der Waals surface area contributed by atoms with Gasteiger partial charge in [0, 0.05) is 36.4 Å². The van der Waals surface area contributed by atoms with Crippen molar-refractivity contribution in [2.75, 3.05) is 42.1 Å². The Labute approximate surface area is 258 Å². The summed E-state index contributed by atoms with van der Waals surface area (Å²) in [4.78, 5) is 14.5. The third-order valence-corrected chi connectivity index (χ3v) is 10.5. The first-order valence-electron chi connectivity index (χ1n) is 16.5. The highest BCUT2D eigenvalue weighted by molar-refractivity contribution is 5.71. The number of anilines is 4. The van der Waals surface area contributed by atoms with Crippen LogP contribution in [0.2, 0.25) is 0 Å². The molecule has 8 nitrogen and oxygen atoms in total. The number of pyridine rings is 1. The van der Waals surface area contributed by atoms with Gasteiger partial charge in [0.25, 0.3) is 0 Å². The molecule has 2 saturated heterocycles. The molecule has 2 bridgehead atoms. The number of halogens is 1. The molecule has 2 aromatic heterocycles. The summed E-state index contributed by atoms with van der Waals surface area (Å²) in [6.45, 7) is 4.19. The molecule has 0 unspecified atom stereocenters. The number of hydrogen-bond donors (Lipinski definition) is 2. The molecular formula is C35H41FN8. The number of rotatable bonds is 6. The van der Waals surface area contributed by atoms with E-state index in [9.17, 15) is 0 Å². The number of nitrogens with one attached hydrogen (secondary N) is 1. The number of likely N-dealkylation sites (tertiary alicyclic amines) is 1. The maximum atomic E-state index is 15.4. The molecule has 5 aliphatic rings. The largest absolute Gasteiger partial charge is 0.369 e. The lowest BCUT2D eigenvalue weighted by atomic mass is 9.83. The van der Waals surface area contributed by atoms with Gasteiger partial charge in [0.15, 0.2) is 5.82 Å². The van der Waals surface area contributed by atoms with Crippen LogP contribution >= 0.6 is 0 Å². The molecule has 4 heterocycles. The van der Waals surface area contributed by atoms with Crippen LogP contribution in [-0.2, 0) is 6.42 Å². The summed E-state index contributed by atoms with van der Waals surface area (Å²) in [6, 6.07) is 18.6. The molecule has 3 aliphatic carbocycles. The molecule has 0 amide bonds. The number of nitrogens with two attached hydrogens (primary N) is 1. The Balaban J connectivity index is 1.04. The Hall–Kier alpha value is -3.98. The van der Waals surface area contributed by atoms with Gasteiger partial charge >= 0.3 is 0 Å². The number of nitrogen functional groups attached to an aromatic ring is 1. The molecule has 228 valence electrons. The molecule has 3 N–H and O–H groups in total. The zero-order valence-electron chi connectivity index (χ0n) is 25.3. The van der Waals surface area contributed by atoms with Crippen LogP contribution in [0.5, 0.6) is 0 Å². The second kappa shape index (κ2) is 11.5. The molecule has 9 rings (SSSR count). The van der Waals surface area contributed by atoms with E-state index in [2.05, 4.69) is 50.4 Å². The molecule has 0 radical (unpaired) electrons. The van der Waals surface area contributed by atoms with Gasteiger partial charge in [0.2, 0.25) is 11.9 Å². The van der Waals surface area contributed by atoms with Gasteiger partial charge in [-0.05, 0) is 118 Å². The van der Waals surface area contributed by atoms with Crippen LogP contribution in [0.3, 0.4) is 0 Å². The van der Waals surface area contributed by atoms with E-state index in [0.29, 0.717) is 35.1 Å². The Bertz CT molecular complexity index is 1630. The van der Waals surface area contributed by atoms with Gasteiger partial charge < -0.3 is 20.9 Å². The second-order valence-corrected chi connectivity index (χ2v) is 13.1. The Morgan fingerprint density at radius 1 is 0.841 bits per heavy atom. The van der Waals surface area contributed by atoms with Crippen LogP contribution < -0.4 is 16.0 Å². The van der Waals surface area contributed by atoms with E-state index < -0.39 is 0 Å². The quantitative estimate of drug-likeness (QED) is 0.258. The highest BCUT2D eigenvalue weighted by Crippen LogP contribution is 2.45. The van der Waals surface area contributed by atoms with Gasteiger partial charge in [-0.15, -0.1) is 5.10 Å². The molecule has 0 atom stereocenters. The van der Waals surface area contributed by atoms with Crippen molar-refractivity contribution in [3.8, 4) is 16.9 Å². The zero-order valence-corrected chi connectivity index (χ0v) is 25.3. The SMILES string of the molecule is Nc1nc(Nc2ccc(N3CCC(N4CCCC4)CC3)c(F)c2)nn1-c1cc(-c2ccccc2)c2c(n1)C1CCC(CC1)C2. The van der Waals surface area contributed by atoms with E-state index in [1.54, 1.807) is 4.68 Å². The van der Waals surface area contributed by atoms with Crippen molar-refractivity contribution >= 4 is 23.3 Å². The van der Waals surface area contributed by atoms with E-state index in [1.165, 1.54) is 80.1 Å². The summed E-state index contributed by atoms with van der Waals surface area (Å²) >= 11 is 0. The lowest BCUT2D eigenvalue weighted by molar-refractivity contribution is 0.207. The van der Waals surface area contributed by atoms with E-state index in [4.69, 9.17) is 15.8 Å². The molecule has 3 fully saturated rings. The van der Waals surface area contributed by atoms with Crippen LogP contribution in [0.4, 0.5) is 27.7 Å². The lowest BCUT2D eigenvalue weighted by Gasteiger charge is -2.37. The molecule has 1 saturated carbocycles. The molecule has 0 spiro atoms. The minimum atomic E-state index is -0.239. The molecule has 2 aromatic carbocycles. The minimum Gasteiger partial charge on any atom is -0.369 e. The van der Waals surface area contributed by atoms with Crippen LogP contribution in [0.25, 0.3) is 16.9 Å². The van der Waals surface area contributed by atoms with E-state index in [1.807, 2.05) is 18.2 Å². The Morgan fingerprint density at radius 3 is 2.36 bits per heavy atom. The van der Waals surface area contributed by atoms with Gasteiger partial charge in [-0.2, -0.15) is 9.67 Å². The van der Waals surface area contributed by atoms with E-state index >= 15 is 4.39 Å². The first-order valence-corrected chi connectivity index (χ1v) is 16.5. The summed E-state index contributed by atoms with van der Waals surface area (Å²) < 4.78 is 17.0. The van der Waals surface area contributed by atoms with Crippen LogP contribution in [0, 0.1) is 11.7 Å². The molecule has 2 aliphatic heterocycles. The normalized spacial score (nSPS) is 22.2. The lowest BCUT2D eigenvalue weighted by Crippen LogP contribution is -2.44. The first-order chi connectivity index (χ1) is 21.6. The number of aromatic nitrogens is 4. The summed E-state index contributed by atoms with van der Waals surface area (Å²) in [5.74, 6) is 2.18. The number of nitrogens with zero attached hydrogens (tertiary/aromatic N) is 6. The van der Waals surface area contributed by atoms with Crippen LogP contribution in [-0.4, -0.2) is 56.9 Å². The molecular weight excluding hydrogens is 551 g/mol. The van der Waals surface area contributed by atoms with Crippen LogP contribution in [0.1, 0.15) is 68.5 Å². The van der Waals surface area contributed by atoms with E-state index in [-0.39, 0.29) is 11.8 Å².